The van der Waals surface area contributed by atoms with Gasteiger partial charge in [0, 0.05) is 17.2 Å². The molecular weight excluding hydrogens is 396 g/mol. The first kappa shape index (κ1) is 14.7. The van der Waals surface area contributed by atoms with E-state index in [1.54, 1.807) is 16.8 Å². The fraction of sp³-hybridized carbons (Fsp3) is 0.364. The Morgan fingerprint density at radius 1 is 1.42 bits per heavy atom. The van der Waals surface area contributed by atoms with E-state index in [0.29, 0.717) is 11.0 Å². The van der Waals surface area contributed by atoms with E-state index in [2.05, 4.69) is 54.3 Å². The number of nitrogens with zero attached hydrogens (tertiary/aromatic N) is 3. The van der Waals surface area contributed by atoms with E-state index < -0.39 is 0 Å². The van der Waals surface area contributed by atoms with E-state index >= 15 is 0 Å². The van der Waals surface area contributed by atoms with E-state index in [0.717, 1.165) is 27.6 Å². The zero-order valence-corrected chi connectivity index (χ0v) is 14.2. The number of hydrogen-bond donors (Lipinski definition) is 1. The van der Waals surface area contributed by atoms with Gasteiger partial charge in [-0.2, -0.15) is 0 Å². The molecule has 0 atom stereocenters. The molecule has 0 saturated heterocycles. The Kier molecular flexibility index (Phi) is 5.12. The highest BCUT2D eigenvalue weighted by atomic mass is 79.9. The summed E-state index contributed by atoms with van der Waals surface area (Å²) in [4.78, 5) is 11.9. The second-order valence-corrected chi connectivity index (χ2v) is 6.70. The quantitative estimate of drug-likeness (QED) is 0.827. The molecule has 0 aliphatic carbocycles. The Morgan fingerprint density at radius 3 is 2.95 bits per heavy atom. The highest BCUT2D eigenvalue weighted by molar-refractivity contribution is 9.11. The standard InChI is InChI=1S/C11H12Br2N4OS/c1-2-3-14-11-16-15-9(19-11)6-17-5-7(12)4-8(13)10(17)18/h4-5H,2-3,6H2,1H3,(H,14,16). The molecule has 0 aliphatic heterocycles. The van der Waals surface area contributed by atoms with E-state index in [-0.39, 0.29) is 5.56 Å². The van der Waals surface area contributed by atoms with Crippen molar-refractivity contribution in [1.29, 1.82) is 0 Å². The van der Waals surface area contributed by atoms with Crippen LogP contribution >= 0.6 is 43.2 Å². The third-order valence-electron chi connectivity index (χ3n) is 2.31. The van der Waals surface area contributed by atoms with Gasteiger partial charge in [0.25, 0.3) is 5.56 Å². The average molecular weight is 408 g/mol. The smallest absolute Gasteiger partial charge is 0.265 e. The molecule has 0 bridgehead atoms. The van der Waals surface area contributed by atoms with Crippen LogP contribution in [0.5, 0.6) is 0 Å². The molecule has 0 spiro atoms. The van der Waals surface area contributed by atoms with Gasteiger partial charge in [0.1, 0.15) is 5.01 Å². The maximum Gasteiger partial charge on any atom is 0.265 e. The Hall–Kier alpha value is -0.730. The Labute approximate surface area is 131 Å². The van der Waals surface area contributed by atoms with Crippen LogP contribution in [0.4, 0.5) is 5.13 Å². The van der Waals surface area contributed by atoms with Crippen LogP contribution in [0.1, 0.15) is 18.4 Å². The molecule has 0 aromatic carbocycles. The fourth-order valence-electron chi connectivity index (χ4n) is 1.45. The predicted octanol–water partition coefficient (Wildman–Crippen LogP) is 3.10. The van der Waals surface area contributed by atoms with Gasteiger partial charge < -0.3 is 9.88 Å². The molecule has 1 N–H and O–H groups in total. The molecule has 5 nitrogen and oxygen atoms in total. The van der Waals surface area contributed by atoms with Crippen LogP contribution in [0, 0.1) is 0 Å². The van der Waals surface area contributed by atoms with Crippen LogP contribution in [0.2, 0.25) is 0 Å². The number of nitrogens with one attached hydrogen (secondary N) is 1. The second kappa shape index (κ2) is 6.62. The molecule has 2 aromatic heterocycles. The Bertz CT molecular complexity index is 625. The van der Waals surface area contributed by atoms with Gasteiger partial charge in [0.05, 0.1) is 11.0 Å². The van der Waals surface area contributed by atoms with Crippen molar-refractivity contribution in [2.24, 2.45) is 0 Å². The number of pyridine rings is 1. The summed E-state index contributed by atoms with van der Waals surface area (Å²) in [5, 5.41) is 12.9. The summed E-state index contributed by atoms with van der Waals surface area (Å²) in [6, 6.07) is 1.73. The molecule has 2 aromatic rings. The van der Waals surface area contributed by atoms with E-state index in [1.807, 2.05) is 0 Å². The van der Waals surface area contributed by atoms with Crippen molar-refractivity contribution < 1.29 is 0 Å². The van der Waals surface area contributed by atoms with Gasteiger partial charge in [-0.15, -0.1) is 10.2 Å². The summed E-state index contributed by atoms with van der Waals surface area (Å²) >= 11 is 8.07. The lowest BCUT2D eigenvalue weighted by Gasteiger charge is -2.04. The van der Waals surface area contributed by atoms with Gasteiger partial charge in [-0.3, -0.25) is 4.79 Å². The number of rotatable bonds is 5. The lowest BCUT2D eigenvalue weighted by atomic mass is 10.4. The molecule has 0 saturated carbocycles. The van der Waals surface area contributed by atoms with Gasteiger partial charge in [0.2, 0.25) is 5.13 Å². The molecule has 19 heavy (non-hydrogen) atoms. The lowest BCUT2D eigenvalue weighted by molar-refractivity contribution is 0.737. The van der Waals surface area contributed by atoms with Crippen LogP contribution in [-0.2, 0) is 6.54 Å². The third kappa shape index (κ3) is 3.87. The fourth-order valence-corrected chi connectivity index (χ4v) is 3.47. The van der Waals surface area contributed by atoms with Crippen molar-refractivity contribution in [3.05, 3.63) is 36.6 Å². The van der Waals surface area contributed by atoms with Gasteiger partial charge in [-0.05, 0) is 44.3 Å². The molecule has 8 heteroatoms. The van der Waals surface area contributed by atoms with Crippen LogP contribution in [0.15, 0.2) is 26.0 Å². The summed E-state index contributed by atoms with van der Waals surface area (Å²) in [6.45, 7) is 3.38. The van der Waals surface area contributed by atoms with Crippen LogP contribution in [-0.4, -0.2) is 21.3 Å². The minimum Gasteiger partial charge on any atom is -0.360 e. The number of hydrogen-bond acceptors (Lipinski definition) is 5. The van der Waals surface area contributed by atoms with Crippen LogP contribution in [0.25, 0.3) is 0 Å². The minimum absolute atomic E-state index is 0.0820. The molecule has 0 unspecified atom stereocenters. The molecule has 102 valence electrons. The highest BCUT2D eigenvalue weighted by Crippen LogP contribution is 2.17. The monoisotopic (exact) mass is 406 g/mol. The van der Waals surface area contributed by atoms with Crippen molar-refractivity contribution in [3.8, 4) is 0 Å². The van der Waals surface area contributed by atoms with Crippen molar-refractivity contribution in [2.45, 2.75) is 19.9 Å². The lowest BCUT2D eigenvalue weighted by Crippen LogP contribution is -2.20. The molecule has 0 radical (unpaired) electrons. The summed E-state index contributed by atoms with van der Waals surface area (Å²) in [5.74, 6) is 0. The summed E-state index contributed by atoms with van der Waals surface area (Å²) in [5.41, 5.74) is -0.0820. The summed E-state index contributed by atoms with van der Waals surface area (Å²) in [7, 11) is 0. The zero-order valence-electron chi connectivity index (χ0n) is 10.2. The molecular formula is C11H12Br2N4OS. The van der Waals surface area contributed by atoms with E-state index in [1.165, 1.54) is 11.3 Å². The minimum atomic E-state index is -0.0820. The number of anilines is 1. The topological polar surface area (TPSA) is 59.8 Å². The van der Waals surface area contributed by atoms with Crippen LogP contribution < -0.4 is 10.9 Å². The molecule has 2 heterocycles. The van der Waals surface area contributed by atoms with Crippen LogP contribution in [0.3, 0.4) is 0 Å². The molecule has 0 aliphatic rings. The largest absolute Gasteiger partial charge is 0.360 e. The molecule has 0 amide bonds. The van der Waals surface area contributed by atoms with Crippen molar-refractivity contribution in [3.63, 3.8) is 0 Å². The van der Waals surface area contributed by atoms with Crippen molar-refractivity contribution in [1.82, 2.24) is 14.8 Å². The molecule has 2 rings (SSSR count). The normalized spacial score (nSPS) is 10.7. The first-order valence-electron chi connectivity index (χ1n) is 5.72. The second-order valence-electron chi connectivity index (χ2n) is 3.87. The average Bonchev–Trinajstić information content (AvgIpc) is 2.80. The SMILES string of the molecule is CCCNc1nnc(Cn2cc(Br)cc(Br)c2=O)s1. The predicted molar refractivity (Wildman–Crippen MR) is 83.9 cm³/mol. The first-order valence-corrected chi connectivity index (χ1v) is 8.12. The van der Waals surface area contributed by atoms with E-state index in [4.69, 9.17) is 0 Å². The Morgan fingerprint density at radius 2 is 2.21 bits per heavy atom. The van der Waals surface area contributed by atoms with Gasteiger partial charge in [-0.1, -0.05) is 18.3 Å². The summed E-state index contributed by atoms with van der Waals surface area (Å²) < 4.78 is 2.96. The van der Waals surface area contributed by atoms with E-state index in [9.17, 15) is 4.79 Å². The van der Waals surface area contributed by atoms with Gasteiger partial charge in [0.15, 0.2) is 0 Å². The molecule has 0 fully saturated rings. The van der Waals surface area contributed by atoms with Crippen molar-refractivity contribution in [2.75, 3.05) is 11.9 Å². The maximum absolute atomic E-state index is 11.9. The number of halogens is 2. The van der Waals surface area contributed by atoms with Gasteiger partial charge >= 0.3 is 0 Å². The zero-order chi connectivity index (χ0) is 13.8. The maximum atomic E-state index is 11.9. The third-order valence-corrected chi connectivity index (χ3v) is 4.18. The number of aromatic nitrogens is 3. The first-order chi connectivity index (χ1) is 9.10. The summed E-state index contributed by atoms with van der Waals surface area (Å²) in [6.07, 6.45) is 2.78. The van der Waals surface area contributed by atoms with Crippen molar-refractivity contribution >= 4 is 48.3 Å². The Balaban J connectivity index is 2.17. The van der Waals surface area contributed by atoms with Gasteiger partial charge in [-0.25, -0.2) is 0 Å². The highest BCUT2D eigenvalue weighted by Gasteiger charge is 2.08.